The Balaban J connectivity index is 1.36. The molecule has 1 aliphatic rings. The van der Waals surface area contributed by atoms with E-state index < -0.39 is 0 Å². The van der Waals surface area contributed by atoms with Gasteiger partial charge in [0.25, 0.3) is 0 Å². The summed E-state index contributed by atoms with van der Waals surface area (Å²) < 4.78 is 0. The molecule has 2 amide bonds. The van der Waals surface area contributed by atoms with Gasteiger partial charge in [-0.1, -0.05) is 43.7 Å². The van der Waals surface area contributed by atoms with Gasteiger partial charge in [0.1, 0.15) is 0 Å². The number of fused-ring (bicyclic) bond motifs is 1. The van der Waals surface area contributed by atoms with Gasteiger partial charge in [0.2, 0.25) is 11.8 Å². The molecule has 0 saturated heterocycles. The molecule has 6 heteroatoms. The Kier molecular flexibility index (Phi) is 7.20. The lowest BCUT2D eigenvalue weighted by Gasteiger charge is -2.27. The lowest BCUT2D eigenvalue weighted by molar-refractivity contribution is -0.134. The fraction of sp³-hybridized carbons (Fsp3) is 0.360. The average molecular weight is 453 g/mol. The molecule has 4 rings (SSSR count). The highest BCUT2D eigenvalue weighted by atomic mass is 32.1. The third-order valence-corrected chi connectivity index (χ3v) is 7.67. The minimum absolute atomic E-state index is 0.0589. The van der Waals surface area contributed by atoms with Gasteiger partial charge >= 0.3 is 0 Å². The van der Waals surface area contributed by atoms with Crippen LogP contribution in [0.3, 0.4) is 0 Å². The van der Waals surface area contributed by atoms with E-state index >= 15 is 0 Å². The van der Waals surface area contributed by atoms with Crippen LogP contribution in [0.25, 0.3) is 0 Å². The zero-order chi connectivity index (χ0) is 21.6. The fourth-order valence-electron chi connectivity index (χ4n) is 4.01. The monoisotopic (exact) mass is 452 g/mol. The first-order chi connectivity index (χ1) is 15.1. The standard InChI is InChI=1S/C25H28N2O2S2/c1-2-4-18-6-8-19(9-7-18)25(22-5-3-15-30-22)26-23(28)10-11-24(29)27-14-12-21-20(17-27)13-16-31-21/h3,5-9,13,15-16,25H,2,4,10-12,14,17H2,1H3,(H,26,28). The molecule has 31 heavy (non-hydrogen) atoms. The summed E-state index contributed by atoms with van der Waals surface area (Å²) in [4.78, 5) is 29.8. The predicted molar refractivity (Wildman–Crippen MR) is 127 cm³/mol. The van der Waals surface area contributed by atoms with Gasteiger partial charge in [-0.3, -0.25) is 9.59 Å². The summed E-state index contributed by atoms with van der Waals surface area (Å²) in [6.07, 6.45) is 3.55. The second-order valence-electron chi connectivity index (χ2n) is 7.94. The number of thiophene rings is 2. The van der Waals surface area contributed by atoms with Gasteiger partial charge in [-0.15, -0.1) is 22.7 Å². The third kappa shape index (κ3) is 5.43. The number of amides is 2. The summed E-state index contributed by atoms with van der Waals surface area (Å²) in [5.41, 5.74) is 3.63. The van der Waals surface area contributed by atoms with Crippen LogP contribution in [0.2, 0.25) is 0 Å². The van der Waals surface area contributed by atoms with Crippen molar-refractivity contribution in [1.82, 2.24) is 10.2 Å². The molecule has 162 valence electrons. The molecule has 1 aromatic carbocycles. The second-order valence-corrected chi connectivity index (χ2v) is 9.92. The van der Waals surface area contributed by atoms with Crippen LogP contribution in [0, 0.1) is 0 Å². The van der Waals surface area contributed by atoms with E-state index in [1.807, 2.05) is 22.4 Å². The molecular weight excluding hydrogens is 424 g/mol. The number of carbonyl (C=O) groups is 2. The van der Waals surface area contributed by atoms with E-state index in [1.54, 1.807) is 22.7 Å². The van der Waals surface area contributed by atoms with Gasteiger partial charge in [-0.2, -0.15) is 0 Å². The number of hydrogen-bond acceptors (Lipinski definition) is 4. The molecule has 2 aromatic heterocycles. The predicted octanol–water partition coefficient (Wildman–Crippen LogP) is 5.33. The molecule has 0 fully saturated rings. The largest absolute Gasteiger partial charge is 0.344 e. The first-order valence-corrected chi connectivity index (χ1v) is 12.6. The van der Waals surface area contributed by atoms with Crippen molar-refractivity contribution >= 4 is 34.5 Å². The quantitative estimate of drug-likeness (QED) is 0.502. The summed E-state index contributed by atoms with van der Waals surface area (Å²) in [6, 6.07) is 14.5. The molecule has 0 radical (unpaired) electrons. The van der Waals surface area contributed by atoms with E-state index in [2.05, 4.69) is 48.0 Å². The molecule has 1 unspecified atom stereocenters. The average Bonchev–Trinajstić information content (AvgIpc) is 3.48. The number of carbonyl (C=O) groups excluding carboxylic acids is 2. The maximum absolute atomic E-state index is 12.8. The van der Waals surface area contributed by atoms with Gasteiger partial charge in [-0.25, -0.2) is 0 Å². The van der Waals surface area contributed by atoms with Crippen molar-refractivity contribution in [3.8, 4) is 0 Å². The van der Waals surface area contributed by atoms with Crippen molar-refractivity contribution in [2.75, 3.05) is 6.54 Å². The number of rotatable bonds is 8. The van der Waals surface area contributed by atoms with Crippen molar-refractivity contribution in [2.45, 2.75) is 51.6 Å². The first kappa shape index (κ1) is 21.8. The Morgan fingerprint density at radius 2 is 1.90 bits per heavy atom. The van der Waals surface area contributed by atoms with Crippen LogP contribution in [0.5, 0.6) is 0 Å². The van der Waals surface area contributed by atoms with Gasteiger partial charge in [0, 0.05) is 35.7 Å². The third-order valence-electron chi connectivity index (χ3n) is 5.71. The summed E-state index contributed by atoms with van der Waals surface area (Å²) in [5.74, 6) is -0.0267. The molecule has 1 N–H and O–H groups in total. The highest BCUT2D eigenvalue weighted by Crippen LogP contribution is 2.27. The fourth-order valence-corrected chi connectivity index (χ4v) is 5.70. The lowest BCUT2D eigenvalue weighted by Crippen LogP contribution is -2.36. The maximum atomic E-state index is 12.8. The van der Waals surface area contributed by atoms with E-state index in [9.17, 15) is 9.59 Å². The zero-order valence-electron chi connectivity index (χ0n) is 17.8. The Bertz CT molecular complexity index is 1010. The molecule has 1 atom stereocenters. The Morgan fingerprint density at radius 1 is 1.06 bits per heavy atom. The molecule has 3 aromatic rings. The van der Waals surface area contributed by atoms with Crippen LogP contribution in [-0.2, 0) is 29.0 Å². The maximum Gasteiger partial charge on any atom is 0.223 e. The normalized spacial score (nSPS) is 14.2. The first-order valence-electron chi connectivity index (χ1n) is 10.9. The van der Waals surface area contributed by atoms with E-state index in [4.69, 9.17) is 0 Å². The summed E-state index contributed by atoms with van der Waals surface area (Å²) in [7, 11) is 0. The molecule has 0 bridgehead atoms. The Morgan fingerprint density at radius 3 is 2.65 bits per heavy atom. The zero-order valence-corrected chi connectivity index (χ0v) is 19.4. The molecule has 0 saturated carbocycles. The van der Waals surface area contributed by atoms with Gasteiger partial charge < -0.3 is 10.2 Å². The smallest absolute Gasteiger partial charge is 0.223 e. The molecule has 0 aliphatic carbocycles. The van der Waals surface area contributed by atoms with Crippen LogP contribution in [-0.4, -0.2) is 23.3 Å². The Hall–Kier alpha value is -2.44. The van der Waals surface area contributed by atoms with Crippen molar-refractivity contribution < 1.29 is 9.59 Å². The van der Waals surface area contributed by atoms with Crippen LogP contribution < -0.4 is 5.32 Å². The van der Waals surface area contributed by atoms with E-state index in [0.29, 0.717) is 6.54 Å². The minimum atomic E-state index is -0.179. The summed E-state index contributed by atoms with van der Waals surface area (Å²) in [5, 5.41) is 7.27. The van der Waals surface area contributed by atoms with Gasteiger partial charge in [-0.05, 0) is 52.4 Å². The Labute approximate surface area is 191 Å². The molecule has 0 spiro atoms. The minimum Gasteiger partial charge on any atom is -0.344 e. The number of nitrogens with zero attached hydrogens (tertiary/aromatic N) is 1. The van der Waals surface area contributed by atoms with Crippen molar-refractivity contribution in [3.05, 3.63) is 79.7 Å². The summed E-state index contributed by atoms with van der Waals surface area (Å²) in [6.45, 7) is 3.59. The van der Waals surface area contributed by atoms with Crippen molar-refractivity contribution in [3.63, 3.8) is 0 Å². The van der Waals surface area contributed by atoms with Crippen LogP contribution >= 0.6 is 22.7 Å². The van der Waals surface area contributed by atoms with Crippen molar-refractivity contribution in [2.24, 2.45) is 0 Å². The number of benzene rings is 1. The number of hydrogen-bond donors (Lipinski definition) is 1. The molecular formula is C25H28N2O2S2. The van der Waals surface area contributed by atoms with E-state index in [-0.39, 0.29) is 30.7 Å². The van der Waals surface area contributed by atoms with Crippen LogP contribution in [0.15, 0.2) is 53.2 Å². The lowest BCUT2D eigenvalue weighted by atomic mass is 10.0. The van der Waals surface area contributed by atoms with Crippen molar-refractivity contribution in [1.29, 1.82) is 0 Å². The molecule has 4 nitrogen and oxygen atoms in total. The highest BCUT2D eigenvalue weighted by Gasteiger charge is 2.23. The van der Waals surface area contributed by atoms with Gasteiger partial charge in [0.05, 0.1) is 6.04 Å². The molecule has 3 heterocycles. The van der Waals surface area contributed by atoms with E-state index in [1.165, 1.54) is 16.0 Å². The van der Waals surface area contributed by atoms with Crippen LogP contribution in [0.1, 0.15) is 58.7 Å². The summed E-state index contributed by atoms with van der Waals surface area (Å²) >= 11 is 3.40. The number of aryl methyl sites for hydroxylation is 1. The number of nitrogens with one attached hydrogen (secondary N) is 1. The topological polar surface area (TPSA) is 49.4 Å². The van der Waals surface area contributed by atoms with Crippen LogP contribution in [0.4, 0.5) is 0 Å². The van der Waals surface area contributed by atoms with Gasteiger partial charge in [0.15, 0.2) is 0 Å². The second kappa shape index (κ2) is 10.2. The van der Waals surface area contributed by atoms with E-state index in [0.717, 1.165) is 36.2 Å². The SMILES string of the molecule is CCCc1ccc(C(NC(=O)CCC(=O)N2CCc3sccc3C2)c2cccs2)cc1. The molecule has 1 aliphatic heterocycles. The highest BCUT2D eigenvalue weighted by molar-refractivity contribution is 7.10.